The Balaban J connectivity index is 2.25. The van der Waals surface area contributed by atoms with Crippen molar-refractivity contribution in [2.24, 2.45) is 11.5 Å². The van der Waals surface area contributed by atoms with E-state index in [1.165, 1.54) is 25.7 Å². The highest BCUT2D eigenvalue weighted by Gasteiger charge is 2.23. The highest BCUT2D eigenvalue weighted by molar-refractivity contribution is 8.00. The van der Waals surface area contributed by atoms with Crippen molar-refractivity contribution in [1.82, 2.24) is 0 Å². The van der Waals surface area contributed by atoms with Crippen molar-refractivity contribution in [2.45, 2.75) is 55.6 Å². The molecule has 0 radical (unpaired) electrons. The smallest absolute Gasteiger partial charge is 0.0201 e. The van der Waals surface area contributed by atoms with Gasteiger partial charge in [-0.25, -0.2) is 0 Å². The van der Waals surface area contributed by atoms with Crippen LogP contribution in [0.15, 0.2) is 0 Å². The fourth-order valence-electron chi connectivity index (χ4n) is 1.90. The third-order valence-electron chi connectivity index (χ3n) is 2.73. The third-order valence-corrected chi connectivity index (χ3v) is 4.37. The molecule has 78 valence electrons. The van der Waals surface area contributed by atoms with Crippen LogP contribution in [0.5, 0.6) is 0 Å². The zero-order valence-electron chi connectivity index (χ0n) is 8.54. The van der Waals surface area contributed by atoms with Gasteiger partial charge in [0, 0.05) is 16.5 Å². The number of nitrogens with two attached hydrogens (primary N) is 2. The zero-order chi connectivity index (χ0) is 9.68. The Morgan fingerprint density at radius 3 is 2.69 bits per heavy atom. The molecule has 0 spiro atoms. The molecule has 13 heavy (non-hydrogen) atoms. The number of rotatable bonds is 4. The standard InChI is InChI=1S/C10H22N2S/c1-8(6-7-11)13-10-5-3-2-4-9(10)12/h8-10H,2-7,11-12H2,1H3. The molecule has 0 aliphatic heterocycles. The first-order valence-electron chi connectivity index (χ1n) is 5.35. The quantitative estimate of drug-likeness (QED) is 0.730. The largest absolute Gasteiger partial charge is 0.330 e. The second-order valence-electron chi connectivity index (χ2n) is 4.01. The molecular weight excluding hydrogens is 180 g/mol. The van der Waals surface area contributed by atoms with Crippen LogP contribution < -0.4 is 11.5 Å². The Bertz CT molecular complexity index is 141. The van der Waals surface area contributed by atoms with E-state index in [4.69, 9.17) is 11.5 Å². The monoisotopic (exact) mass is 202 g/mol. The molecule has 1 rings (SSSR count). The average Bonchev–Trinajstić information content (AvgIpc) is 2.09. The van der Waals surface area contributed by atoms with E-state index >= 15 is 0 Å². The van der Waals surface area contributed by atoms with Gasteiger partial charge in [0.05, 0.1) is 0 Å². The maximum Gasteiger partial charge on any atom is 0.0201 e. The van der Waals surface area contributed by atoms with Crippen molar-refractivity contribution in [2.75, 3.05) is 6.54 Å². The first-order valence-corrected chi connectivity index (χ1v) is 6.29. The lowest BCUT2D eigenvalue weighted by Crippen LogP contribution is -2.36. The van der Waals surface area contributed by atoms with Crippen LogP contribution in [0.1, 0.15) is 39.0 Å². The summed E-state index contributed by atoms with van der Waals surface area (Å²) in [4.78, 5) is 0. The van der Waals surface area contributed by atoms with Crippen molar-refractivity contribution in [3.8, 4) is 0 Å². The molecule has 3 unspecified atom stereocenters. The minimum atomic E-state index is 0.430. The van der Waals surface area contributed by atoms with Gasteiger partial charge >= 0.3 is 0 Å². The highest BCUT2D eigenvalue weighted by atomic mass is 32.2. The molecule has 0 bridgehead atoms. The Kier molecular flexibility index (Phi) is 5.14. The summed E-state index contributed by atoms with van der Waals surface area (Å²) in [6.45, 7) is 3.06. The maximum absolute atomic E-state index is 6.07. The summed E-state index contributed by atoms with van der Waals surface area (Å²) < 4.78 is 0. The van der Waals surface area contributed by atoms with Gasteiger partial charge in [0.1, 0.15) is 0 Å². The molecule has 4 N–H and O–H groups in total. The molecule has 1 saturated carbocycles. The Hall–Kier alpha value is 0.270. The van der Waals surface area contributed by atoms with E-state index in [0.29, 0.717) is 16.5 Å². The molecule has 0 aromatic carbocycles. The van der Waals surface area contributed by atoms with E-state index in [2.05, 4.69) is 6.92 Å². The van der Waals surface area contributed by atoms with Gasteiger partial charge in [-0.05, 0) is 25.8 Å². The number of hydrogen-bond donors (Lipinski definition) is 2. The maximum atomic E-state index is 6.07. The molecule has 1 fully saturated rings. The van der Waals surface area contributed by atoms with Gasteiger partial charge in [-0.2, -0.15) is 11.8 Å². The minimum Gasteiger partial charge on any atom is -0.330 e. The molecule has 0 heterocycles. The summed E-state index contributed by atoms with van der Waals surface area (Å²) in [6, 6.07) is 0.430. The predicted octanol–water partition coefficient (Wildman–Crippen LogP) is 1.73. The predicted molar refractivity (Wildman–Crippen MR) is 61.0 cm³/mol. The van der Waals surface area contributed by atoms with Crippen molar-refractivity contribution >= 4 is 11.8 Å². The van der Waals surface area contributed by atoms with Gasteiger partial charge in [0.2, 0.25) is 0 Å². The Morgan fingerprint density at radius 2 is 2.08 bits per heavy atom. The average molecular weight is 202 g/mol. The lowest BCUT2D eigenvalue weighted by atomic mass is 9.96. The van der Waals surface area contributed by atoms with Crippen LogP contribution in [0.3, 0.4) is 0 Å². The van der Waals surface area contributed by atoms with Crippen molar-refractivity contribution in [3.05, 3.63) is 0 Å². The summed E-state index contributed by atoms with van der Waals surface area (Å²) in [6.07, 6.45) is 6.33. The highest BCUT2D eigenvalue weighted by Crippen LogP contribution is 2.31. The summed E-state index contributed by atoms with van der Waals surface area (Å²) >= 11 is 2.05. The van der Waals surface area contributed by atoms with Crippen LogP contribution >= 0.6 is 11.8 Å². The Labute approximate surface area is 85.8 Å². The Morgan fingerprint density at radius 1 is 1.38 bits per heavy atom. The van der Waals surface area contributed by atoms with Crippen molar-refractivity contribution in [3.63, 3.8) is 0 Å². The van der Waals surface area contributed by atoms with E-state index in [9.17, 15) is 0 Å². The zero-order valence-corrected chi connectivity index (χ0v) is 9.35. The van der Waals surface area contributed by atoms with E-state index in [1.54, 1.807) is 0 Å². The van der Waals surface area contributed by atoms with E-state index in [1.807, 2.05) is 11.8 Å². The SMILES string of the molecule is CC(CCN)SC1CCCCC1N. The van der Waals surface area contributed by atoms with Crippen LogP contribution in [0, 0.1) is 0 Å². The van der Waals surface area contributed by atoms with E-state index in [0.717, 1.165) is 13.0 Å². The fraction of sp³-hybridized carbons (Fsp3) is 1.00. The van der Waals surface area contributed by atoms with Crippen LogP contribution in [0.4, 0.5) is 0 Å². The second kappa shape index (κ2) is 5.89. The van der Waals surface area contributed by atoms with E-state index in [-0.39, 0.29) is 0 Å². The third kappa shape index (κ3) is 3.88. The van der Waals surface area contributed by atoms with Gasteiger partial charge in [0.15, 0.2) is 0 Å². The number of thioether (sulfide) groups is 1. The van der Waals surface area contributed by atoms with Gasteiger partial charge in [0.25, 0.3) is 0 Å². The first-order chi connectivity index (χ1) is 6.24. The summed E-state index contributed by atoms with van der Waals surface area (Å²) in [5.74, 6) is 0. The van der Waals surface area contributed by atoms with E-state index < -0.39 is 0 Å². The van der Waals surface area contributed by atoms with Crippen molar-refractivity contribution < 1.29 is 0 Å². The first kappa shape index (κ1) is 11.3. The molecule has 0 aromatic heterocycles. The summed E-state index contributed by atoms with van der Waals surface area (Å²) in [7, 11) is 0. The molecule has 0 saturated heterocycles. The van der Waals surface area contributed by atoms with Crippen LogP contribution in [-0.2, 0) is 0 Å². The molecule has 3 atom stereocenters. The lowest BCUT2D eigenvalue weighted by molar-refractivity contribution is 0.452. The molecular formula is C10H22N2S. The summed E-state index contributed by atoms with van der Waals surface area (Å²) in [5, 5.41) is 1.37. The van der Waals surface area contributed by atoms with Gasteiger partial charge in [-0.3, -0.25) is 0 Å². The fourth-order valence-corrected chi connectivity index (χ4v) is 3.41. The molecule has 3 heteroatoms. The molecule has 0 amide bonds. The van der Waals surface area contributed by atoms with Gasteiger partial charge in [-0.15, -0.1) is 0 Å². The topological polar surface area (TPSA) is 52.0 Å². The van der Waals surface area contributed by atoms with Crippen molar-refractivity contribution in [1.29, 1.82) is 0 Å². The molecule has 1 aliphatic rings. The van der Waals surface area contributed by atoms with Crippen LogP contribution in [0.25, 0.3) is 0 Å². The van der Waals surface area contributed by atoms with Gasteiger partial charge < -0.3 is 11.5 Å². The lowest BCUT2D eigenvalue weighted by Gasteiger charge is -2.30. The second-order valence-corrected chi connectivity index (χ2v) is 5.69. The normalized spacial score (nSPS) is 31.6. The molecule has 0 aromatic rings. The molecule has 1 aliphatic carbocycles. The van der Waals surface area contributed by atoms with Gasteiger partial charge in [-0.1, -0.05) is 19.8 Å². The number of hydrogen-bond acceptors (Lipinski definition) is 3. The molecule has 2 nitrogen and oxygen atoms in total. The van der Waals surface area contributed by atoms with Crippen LogP contribution in [-0.4, -0.2) is 23.1 Å². The van der Waals surface area contributed by atoms with Crippen LogP contribution in [0.2, 0.25) is 0 Å². The minimum absolute atomic E-state index is 0.430. The summed E-state index contributed by atoms with van der Waals surface area (Å²) in [5.41, 5.74) is 11.6.